The second-order valence-corrected chi connectivity index (χ2v) is 6.58. The number of hydrogen-bond donors (Lipinski definition) is 1. The van der Waals surface area contributed by atoms with Gasteiger partial charge in [0, 0.05) is 29.9 Å². The fourth-order valence-electron chi connectivity index (χ4n) is 3.12. The highest BCUT2D eigenvalue weighted by Crippen LogP contribution is 2.31. The highest BCUT2D eigenvalue weighted by atomic mass is 16.2. The number of carbonyl (C=O) groups is 1. The average Bonchev–Trinajstić information content (AvgIpc) is 3.30. The number of nitrogens with zero attached hydrogens (tertiary/aromatic N) is 2. The van der Waals surface area contributed by atoms with Gasteiger partial charge in [0.1, 0.15) is 0 Å². The summed E-state index contributed by atoms with van der Waals surface area (Å²) in [5.74, 6) is 0.867. The number of rotatable bonds is 6. The first-order valence-corrected chi connectivity index (χ1v) is 8.51. The van der Waals surface area contributed by atoms with E-state index in [2.05, 4.69) is 17.1 Å². The summed E-state index contributed by atoms with van der Waals surface area (Å²) in [6.07, 6.45) is 3.53. The molecule has 3 rings (SSSR count). The van der Waals surface area contributed by atoms with Crippen LogP contribution in [0.4, 0.5) is 0 Å². The number of H-pyrrole nitrogens is 1. The largest absolute Gasteiger partial charge is 0.338 e. The quantitative estimate of drug-likeness (QED) is 0.878. The summed E-state index contributed by atoms with van der Waals surface area (Å²) >= 11 is 0. The van der Waals surface area contributed by atoms with Gasteiger partial charge in [-0.25, -0.2) is 0 Å². The summed E-state index contributed by atoms with van der Waals surface area (Å²) in [6.45, 7) is 7.87. The van der Waals surface area contributed by atoms with Crippen LogP contribution >= 0.6 is 0 Å². The maximum absolute atomic E-state index is 12.9. The number of aromatic amines is 1. The minimum absolute atomic E-state index is 0.152. The molecule has 1 fully saturated rings. The lowest BCUT2D eigenvalue weighted by molar-refractivity contribution is 0.0748. The van der Waals surface area contributed by atoms with Crippen molar-refractivity contribution in [3.05, 3.63) is 41.2 Å². The molecule has 4 heteroatoms. The van der Waals surface area contributed by atoms with Crippen molar-refractivity contribution in [2.45, 2.75) is 40.0 Å². The topological polar surface area (TPSA) is 49.0 Å². The molecule has 2 aromatic rings. The Kier molecular flexibility index (Phi) is 4.51. The van der Waals surface area contributed by atoms with Gasteiger partial charge in [0.25, 0.3) is 5.91 Å². The van der Waals surface area contributed by atoms with Crippen LogP contribution in [-0.4, -0.2) is 34.1 Å². The Labute approximate surface area is 137 Å². The Hall–Kier alpha value is -2.10. The molecule has 1 aromatic heterocycles. The predicted molar refractivity (Wildman–Crippen MR) is 92.4 cm³/mol. The molecule has 1 saturated carbocycles. The van der Waals surface area contributed by atoms with E-state index in [4.69, 9.17) is 0 Å². The second-order valence-electron chi connectivity index (χ2n) is 6.58. The third kappa shape index (κ3) is 3.46. The first-order valence-electron chi connectivity index (χ1n) is 8.51. The van der Waals surface area contributed by atoms with Crippen LogP contribution in [-0.2, 0) is 0 Å². The number of amides is 1. The molecular formula is C19H25N3O. The summed E-state index contributed by atoms with van der Waals surface area (Å²) in [7, 11) is 0. The Morgan fingerprint density at radius 2 is 2.13 bits per heavy atom. The second kappa shape index (κ2) is 6.57. The van der Waals surface area contributed by atoms with E-state index < -0.39 is 0 Å². The van der Waals surface area contributed by atoms with Gasteiger partial charge in [-0.2, -0.15) is 5.10 Å². The maximum atomic E-state index is 12.9. The molecule has 1 heterocycles. The van der Waals surface area contributed by atoms with Gasteiger partial charge >= 0.3 is 0 Å². The van der Waals surface area contributed by atoms with Gasteiger partial charge in [-0.3, -0.25) is 9.89 Å². The van der Waals surface area contributed by atoms with E-state index in [0.29, 0.717) is 5.92 Å². The molecule has 1 aliphatic rings. The van der Waals surface area contributed by atoms with Gasteiger partial charge in [0.05, 0.1) is 5.69 Å². The van der Waals surface area contributed by atoms with Crippen molar-refractivity contribution in [1.29, 1.82) is 0 Å². The number of hydrogen-bond acceptors (Lipinski definition) is 2. The van der Waals surface area contributed by atoms with Crippen molar-refractivity contribution in [2.24, 2.45) is 5.92 Å². The zero-order valence-corrected chi connectivity index (χ0v) is 14.2. The van der Waals surface area contributed by atoms with Crippen molar-refractivity contribution < 1.29 is 4.79 Å². The Bertz CT molecular complexity index is 681. The highest BCUT2D eigenvalue weighted by Gasteiger charge is 2.27. The normalized spacial score (nSPS) is 14.0. The number of aromatic nitrogens is 2. The van der Waals surface area contributed by atoms with E-state index in [1.807, 2.05) is 43.0 Å². The van der Waals surface area contributed by atoms with E-state index in [-0.39, 0.29) is 5.91 Å². The van der Waals surface area contributed by atoms with E-state index in [0.717, 1.165) is 47.6 Å². The molecule has 0 radical (unpaired) electrons. The molecule has 1 N–H and O–H groups in total. The summed E-state index contributed by atoms with van der Waals surface area (Å²) < 4.78 is 0. The van der Waals surface area contributed by atoms with Crippen molar-refractivity contribution in [3.8, 4) is 11.1 Å². The molecule has 23 heavy (non-hydrogen) atoms. The third-order valence-electron chi connectivity index (χ3n) is 4.48. The third-order valence-corrected chi connectivity index (χ3v) is 4.48. The van der Waals surface area contributed by atoms with Crippen molar-refractivity contribution in [3.63, 3.8) is 0 Å². The molecule has 1 aromatic carbocycles. The molecule has 0 atom stereocenters. The van der Waals surface area contributed by atoms with Crippen LogP contribution in [0, 0.1) is 19.8 Å². The predicted octanol–water partition coefficient (Wildman–Crippen LogP) is 3.96. The minimum atomic E-state index is 0.152. The Balaban J connectivity index is 1.87. The van der Waals surface area contributed by atoms with Gasteiger partial charge in [-0.15, -0.1) is 0 Å². The number of benzene rings is 1. The fourth-order valence-corrected chi connectivity index (χ4v) is 3.12. The first kappa shape index (κ1) is 15.8. The lowest BCUT2D eigenvalue weighted by Crippen LogP contribution is -2.33. The summed E-state index contributed by atoms with van der Waals surface area (Å²) in [5.41, 5.74) is 4.94. The Morgan fingerprint density at radius 3 is 2.74 bits per heavy atom. The lowest BCUT2D eigenvalue weighted by Gasteiger charge is -2.22. The van der Waals surface area contributed by atoms with Crippen LogP contribution in [0.25, 0.3) is 11.1 Å². The van der Waals surface area contributed by atoms with Crippen LogP contribution in [0.1, 0.15) is 47.9 Å². The van der Waals surface area contributed by atoms with Gasteiger partial charge in [0.2, 0.25) is 0 Å². The lowest BCUT2D eigenvalue weighted by atomic mass is 10.0. The molecule has 0 spiro atoms. The van der Waals surface area contributed by atoms with Gasteiger partial charge in [-0.05, 0) is 56.7 Å². The number of carbonyl (C=O) groups excluding carboxylic acids is 1. The highest BCUT2D eigenvalue weighted by molar-refractivity contribution is 5.95. The fraction of sp³-hybridized carbons (Fsp3) is 0.474. The standard InChI is InChI=1S/C19H25N3O/c1-4-10-22(12-15-8-9-15)19(23)17-7-5-6-16(11-17)18-13(2)20-21-14(18)3/h5-7,11,15H,4,8-10,12H2,1-3H3,(H,20,21). The van der Waals surface area contributed by atoms with E-state index in [1.165, 1.54) is 12.8 Å². The van der Waals surface area contributed by atoms with Gasteiger partial charge < -0.3 is 4.90 Å². The van der Waals surface area contributed by atoms with Crippen LogP contribution < -0.4 is 0 Å². The maximum Gasteiger partial charge on any atom is 0.253 e. The molecule has 0 unspecified atom stereocenters. The molecule has 1 amide bonds. The van der Waals surface area contributed by atoms with Gasteiger partial charge in [-0.1, -0.05) is 19.1 Å². The SMILES string of the molecule is CCCN(CC1CC1)C(=O)c1cccc(-c2c(C)n[nH]c2C)c1. The molecule has 122 valence electrons. The van der Waals surface area contributed by atoms with Crippen LogP contribution in [0.5, 0.6) is 0 Å². The van der Waals surface area contributed by atoms with E-state index in [9.17, 15) is 4.79 Å². The Morgan fingerprint density at radius 1 is 1.35 bits per heavy atom. The minimum Gasteiger partial charge on any atom is -0.338 e. The zero-order valence-electron chi connectivity index (χ0n) is 14.2. The summed E-state index contributed by atoms with van der Waals surface area (Å²) in [5, 5.41) is 7.28. The number of aryl methyl sites for hydroxylation is 2. The molecule has 0 saturated heterocycles. The first-order chi connectivity index (χ1) is 11.1. The monoisotopic (exact) mass is 311 g/mol. The average molecular weight is 311 g/mol. The molecule has 1 aliphatic carbocycles. The summed E-state index contributed by atoms with van der Waals surface area (Å²) in [6, 6.07) is 7.94. The summed E-state index contributed by atoms with van der Waals surface area (Å²) in [4.78, 5) is 14.9. The van der Waals surface area contributed by atoms with Crippen molar-refractivity contribution in [1.82, 2.24) is 15.1 Å². The molecular weight excluding hydrogens is 286 g/mol. The molecule has 4 nitrogen and oxygen atoms in total. The smallest absolute Gasteiger partial charge is 0.253 e. The van der Waals surface area contributed by atoms with Crippen molar-refractivity contribution >= 4 is 5.91 Å². The van der Waals surface area contributed by atoms with E-state index >= 15 is 0 Å². The van der Waals surface area contributed by atoms with Crippen molar-refractivity contribution in [2.75, 3.05) is 13.1 Å². The van der Waals surface area contributed by atoms with Gasteiger partial charge in [0.15, 0.2) is 0 Å². The van der Waals surface area contributed by atoms with Crippen LogP contribution in [0.3, 0.4) is 0 Å². The zero-order chi connectivity index (χ0) is 16.4. The van der Waals surface area contributed by atoms with E-state index in [1.54, 1.807) is 0 Å². The number of nitrogens with one attached hydrogen (secondary N) is 1. The molecule has 0 aliphatic heterocycles. The molecule has 0 bridgehead atoms. The van der Waals surface area contributed by atoms with Crippen LogP contribution in [0.2, 0.25) is 0 Å². The van der Waals surface area contributed by atoms with Crippen LogP contribution in [0.15, 0.2) is 24.3 Å².